The van der Waals surface area contributed by atoms with Crippen molar-refractivity contribution in [2.75, 3.05) is 19.5 Å². The second kappa shape index (κ2) is 9.92. The molecule has 0 aromatic heterocycles. The van der Waals surface area contributed by atoms with Crippen molar-refractivity contribution in [1.29, 1.82) is 0 Å². The first-order chi connectivity index (χ1) is 11.7. The molecular formula is C14H24N2O8S. The maximum atomic E-state index is 11.7. The van der Waals surface area contributed by atoms with Gasteiger partial charge in [0.1, 0.15) is 29.8 Å². The quantitative estimate of drug-likeness (QED) is 0.298. The summed E-state index contributed by atoms with van der Waals surface area (Å²) in [5.41, 5.74) is -0.861. The van der Waals surface area contributed by atoms with Crippen LogP contribution in [0, 0.1) is 0 Å². The summed E-state index contributed by atoms with van der Waals surface area (Å²) in [6.07, 6.45) is -3.80. The van der Waals surface area contributed by atoms with Gasteiger partial charge < -0.3 is 35.4 Å². The molecule has 1 saturated heterocycles. The van der Waals surface area contributed by atoms with E-state index in [1.807, 2.05) is 0 Å². The van der Waals surface area contributed by atoms with Gasteiger partial charge in [0.15, 0.2) is 0 Å². The van der Waals surface area contributed by atoms with Gasteiger partial charge in [-0.05, 0) is 0 Å². The molecule has 0 bridgehead atoms. The molecule has 0 unspecified atom stereocenters. The van der Waals surface area contributed by atoms with Gasteiger partial charge in [0, 0.05) is 19.6 Å². The Morgan fingerprint density at radius 2 is 1.84 bits per heavy atom. The topological polar surface area (TPSA) is 154 Å². The number of aliphatic hydroxyl groups excluding tert-OH is 3. The van der Waals surface area contributed by atoms with E-state index in [9.17, 15) is 29.7 Å². The van der Waals surface area contributed by atoms with Crippen LogP contribution in [0.15, 0.2) is 0 Å². The lowest BCUT2D eigenvalue weighted by Crippen LogP contribution is -2.63. The standard InChI is InChI=1S/C14H24N2O8S/c1-6(18)15-8(13(22)23-3)5-25-14-10(16-7(2)19)12(21)11(20)9(4-17)24-14/h8-12,14,17,20-21H,4-5H2,1-3H3,(H,15,18)(H,16,19)/t8-,9+,10+,11+,12+,14-/m0/s1. The van der Waals surface area contributed by atoms with E-state index in [-0.39, 0.29) is 5.75 Å². The number of thioether (sulfide) groups is 1. The highest BCUT2D eigenvalue weighted by Crippen LogP contribution is 2.29. The monoisotopic (exact) mass is 380 g/mol. The molecule has 6 atom stereocenters. The summed E-state index contributed by atoms with van der Waals surface area (Å²) in [7, 11) is 1.18. The lowest BCUT2D eigenvalue weighted by atomic mass is 9.98. The van der Waals surface area contributed by atoms with Gasteiger partial charge in [-0.1, -0.05) is 0 Å². The Morgan fingerprint density at radius 1 is 1.20 bits per heavy atom. The maximum absolute atomic E-state index is 11.7. The van der Waals surface area contributed by atoms with E-state index >= 15 is 0 Å². The first kappa shape index (κ1) is 21.6. The van der Waals surface area contributed by atoms with Crippen molar-refractivity contribution in [3.05, 3.63) is 0 Å². The third-order valence-corrected chi connectivity index (χ3v) is 4.80. The van der Waals surface area contributed by atoms with Crippen molar-refractivity contribution >= 4 is 29.5 Å². The van der Waals surface area contributed by atoms with Crippen LogP contribution in [-0.4, -0.2) is 88.4 Å². The molecule has 11 heteroatoms. The van der Waals surface area contributed by atoms with E-state index in [1.165, 1.54) is 21.0 Å². The van der Waals surface area contributed by atoms with Gasteiger partial charge >= 0.3 is 5.97 Å². The first-order valence-corrected chi connectivity index (χ1v) is 8.62. The number of ether oxygens (including phenoxy) is 2. The zero-order chi connectivity index (χ0) is 19.1. The van der Waals surface area contributed by atoms with Crippen molar-refractivity contribution in [2.45, 2.75) is 49.7 Å². The third kappa shape index (κ3) is 6.12. The summed E-state index contributed by atoms with van der Waals surface area (Å²) in [5.74, 6) is -1.50. The summed E-state index contributed by atoms with van der Waals surface area (Å²) in [5, 5.41) is 34.3. The molecule has 0 spiro atoms. The molecule has 0 aromatic carbocycles. The molecule has 0 saturated carbocycles. The predicted octanol–water partition coefficient (Wildman–Crippen LogP) is -2.66. The van der Waals surface area contributed by atoms with Gasteiger partial charge in [0.25, 0.3) is 0 Å². The van der Waals surface area contributed by atoms with Crippen LogP contribution < -0.4 is 10.6 Å². The summed E-state index contributed by atoms with van der Waals surface area (Å²) in [6, 6.07) is -1.92. The Hall–Kier alpha value is -1.40. The summed E-state index contributed by atoms with van der Waals surface area (Å²) in [4.78, 5) is 34.3. The smallest absolute Gasteiger partial charge is 0.329 e. The van der Waals surface area contributed by atoms with Crippen LogP contribution in [0.25, 0.3) is 0 Å². The zero-order valence-corrected chi connectivity index (χ0v) is 15.0. The summed E-state index contributed by atoms with van der Waals surface area (Å²) < 4.78 is 10.1. The predicted molar refractivity (Wildman–Crippen MR) is 87.4 cm³/mol. The number of aliphatic hydroxyl groups is 3. The molecule has 25 heavy (non-hydrogen) atoms. The Balaban J connectivity index is 2.86. The molecule has 5 N–H and O–H groups in total. The molecule has 2 amide bonds. The van der Waals surface area contributed by atoms with Crippen molar-refractivity contribution in [2.24, 2.45) is 0 Å². The SMILES string of the molecule is COC(=O)[C@H](CS[C@@H]1O[C@H](CO)[C@@H](O)[C@H](O)[C@H]1NC(C)=O)NC(C)=O. The van der Waals surface area contributed by atoms with Crippen LogP contribution in [-0.2, 0) is 23.9 Å². The molecule has 1 aliphatic rings. The molecule has 10 nitrogen and oxygen atoms in total. The molecule has 0 aliphatic carbocycles. The Morgan fingerprint density at radius 3 is 2.32 bits per heavy atom. The first-order valence-electron chi connectivity index (χ1n) is 7.57. The van der Waals surface area contributed by atoms with Gasteiger partial charge in [-0.25, -0.2) is 4.79 Å². The second-order valence-electron chi connectivity index (χ2n) is 5.54. The highest BCUT2D eigenvalue weighted by Gasteiger charge is 2.45. The number of hydrogen-bond donors (Lipinski definition) is 5. The van der Waals surface area contributed by atoms with Crippen molar-refractivity contribution < 1.29 is 39.2 Å². The molecule has 1 rings (SSSR count). The zero-order valence-electron chi connectivity index (χ0n) is 14.2. The van der Waals surface area contributed by atoms with E-state index in [1.54, 1.807) is 0 Å². The number of nitrogens with one attached hydrogen (secondary N) is 2. The summed E-state index contributed by atoms with van der Waals surface area (Å²) in [6.45, 7) is 1.96. The Bertz CT molecular complexity index is 491. The van der Waals surface area contributed by atoms with Crippen LogP contribution >= 0.6 is 11.8 Å². The van der Waals surface area contributed by atoms with Gasteiger partial charge in [-0.2, -0.15) is 0 Å². The average molecular weight is 380 g/mol. The number of carbonyl (C=O) groups is 3. The van der Waals surface area contributed by atoms with Gasteiger partial charge in [-0.15, -0.1) is 11.8 Å². The van der Waals surface area contributed by atoms with Crippen molar-refractivity contribution in [3.63, 3.8) is 0 Å². The second-order valence-corrected chi connectivity index (χ2v) is 6.67. The fourth-order valence-corrected chi connectivity index (χ4v) is 3.62. The van der Waals surface area contributed by atoms with Crippen LogP contribution in [0.5, 0.6) is 0 Å². The molecule has 1 aliphatic heterocycles. The summed E-state index contributed by atoms with van der Waals surface area (Å²) >= 11 is 1.03. The van der Waals surface area contributed by atoms with Crippen LogP contribution in [0.1, 0.15) is 13.8 Å². The lowest BCUT2D eigenvalue weighted by Gasteiger charge is -2.42. The highest BCUT2D eigenvalue weighted by atomic mass is 32.2. The van der Waals surface area contributed by atoms with Gasteiger partial charge in [-0.3, -0.25) is 9.59 Å². The van der Waals surface area contributed by atoms with E-state index in [2.05, 4.69) is 15.4 Å². The van der Waals surface area contributed by atoms with Gasteiger partial charge in [0.2, 0.25) is 11.8 Å². The number of methoxy groups -OCH3 is 1. The lowest BCUT2D eigenvalue weighted by molar-refractivity contribution is -0.173. The van der Waals surface area contributed by atoms with E-state index in [0.29, 0.717) is 0 Å². The molecule has 0 radical (unpaired) electrons. The molecule has 0 aromatic rings. The number of esters is 1. The average Bonchev–Trinajstić information content (AvgIpc) is 2.55. The maximum Gasteiger partial charge on any atom is 0.329 e. The third-order valence-electron chi connectivity index (χ3n) is 3.54. The number of carbonyl (C=O) groups excluding carboxylic acids is 3. The molecule has 1 heterocycles. The molecule has 1 fully saturated rings. The minimum Gasteiger partial charge on any atom is -0.467 e. The van der Waals surface area contributed by atoms with E-state index < -0.39 is 60.2 Å². The minimum atomic E-state index is -1.38. The Kier molecular flexibility index (Phi) is 8.59. The minimum absolute atomic E-state index is 0.0357. The number of rotatable bonds is 7. The van der Waals surface area contributed by atoms with Crippen LogP contribution in [0.2, 0.25) is 0 Å². The van der Waals surface area contributed by atoms with Gasteiger partial charge in [0.05, 0.1) is 19.8 Å². The van der Waals surface area contributed by atoms with E-state index in [0.717, 1.165) is 11.8 Å². The number of amides is 2. The fraction of sp³-hybridized carbons (Fsp3) is 0.786. The number of hydrogen-bond acceptors (Lipinski definition) is 9. The largest absolute Gasteiger partial charge is 0.467 e. The highest BCUT2D eigenvalue weighted by molar-refractivity contribution is 7.99. The molecule has 144 valence electrons. The van der Waals surface area contributed by atoms with Crippen molar-refractivity contribution in [3.8, 4) is 0 Å². The normalized spacial score (nSPS) is 30.2. The van der Waals surface area contributed by atoms with Crippen LogP contribution in [0.3, 0.4) is 0 Å². The van der Waals surface area contributed by atoms with Crippen molar-refractivity contribution in [1.82, 2.24) is 10.6 Å². The van der Waals surface area contributed by atoms with E-state index in [4.69, 9.17) is 4.74 Å². The fourth-order valence-electron chi connectivity index (χ4n) is 2.36. The van der Waals surface area contributed by atoms with Crippen LogP contribution in [0.4, 0.5) is 0 Å². The molecular weight excluding hydrogens is 356 g/mol. The Labute approximate surface area is 149 Å².